The van der Waals surface area contributed by atoms with Crippen LogP contribution < -0.4 is 0 Å². The van der Waals surface area contributed by atoms with Crippen molar-refractivity contribution in [1.29, 1.82) is 31.6 Å². The van der Waals surface area contributed by atoms with Gasteiger partial charge in [0.1, 0.15) is 47.1 Å². The fourth-order valence-corrected chi connectivity index (χ4v) is 4.13. The molecule has 0 aromatic heterocycles. The van der Waals surface area contributed by atoms with Gasteiger partial charge in [0, 0.05) is 22.3 Å². The molecule has 0 saturated carbocycles. The Hall–Kier alpha value is -6.06. The van der Waals surface area contributed by atoms with Crippen molar-refractivity contribution >= 4 is 11.1 Å². The molecule has 0 unspecified atom stereocenters. The first-order valence-electron chi connectivity index (χ1n) is 10.1. The molecule has 2 aliphatic rings. The molecular weight excluding hydrogens is 458 g/mol. The van der Waals surface area contributed by atoms with Crippen molar-refractivity contribution in [3.63, 3.8) is 0 Å². The molecule has 0 aliphatic heterocycles. The molecule has 36 heavy (non-hydrogen) atoms. The van der Waals surface area contributed by atoms with Gasteiger partial charge < -0.3 is 0 Å². The summed E-state index contributed by atoms with van der Waals surface area (Å²) in [5, 5.41) is 57.1. The summed E-state index contributed by atoms with van der Waals surface area (Å²) in [7, 11) is 0. The van der Waals surface area contributed by atoms with Crippen molar-refractivity contribution in [2.75, 3.05) is 0 Å². The molecule has 4 rings (SSSR count). The van der Waals surface area contributed by atoms with Crippen LogP contribution in [0.1, 0.15) is 22.3 Å². The van der Waals surface area contributed by atoms with Crippen LogP contribution in [0.3, 0.4) is 0 Å². The average Bonchev–Trinajstić information content (AvgIpc) is 3.43. The highest BCUT2D eigenvalue weighted by Crippen LogP contribution is 2.51. The number of halogens is 2. The lowest BCUT2D eigenvalue weighted by atomic mass is 9.89. The van der Waals surface area contributed by atoms with Gasteiger partial charge in [0.2, 0.25) is 0 Å². The molecular formula is C28H8F2N6. The Morgan fingerprint density at radius 2 is 0.917 bits per heavy atom. The lowest BCUT2D eigenvalue weighted by molar-refractivity contribution is 0.624. The Kier molecular flexibility index (Phi) is 5.82. The number of benzene rings is 2. The first-order valence-corrected chi connectivity index (χ1v) is 10.1. The van der Waals surface area contributed by atoms with Gasteiger partial charge in [-0.1, -0.05) is 0 Å². The number of nitriles is 6. The zero-order valence-electron chi connectivity index (χ0n) is 18.1. The Morgan fingerprint density at radius 3 is 1.22 bits per heavy atom. The van der Waals surface area contributed by atoms with Crippen LogP contribution in [0.5, 0.6) is 0 Å². The van der Waals surface area contributed by atoms with E-state index in [0.29, 0.717) is 0 Å². The van der Waals surface area contributed by atoms with Gasteiger partial charge in [-0.05, 0) is 70.8 Å². The van der Waals surface area contributed by atoms with E-state index in [0.717, 1.165) is 12.1 Å². The van der Waals surface area contributed by atoms with E-state index in [4.69, 9.17) is 0 Å². The number of nitrogens with zero attached hydrogens (tertiary/aromatic N) is 6. The Labute approximate surface area is 204 Å². The van der Waals surface area contributed by atoms with E-state index in [-0.39, 0.29) is 66.8 Å². The molecule has 164 valence electrons. The predicted molar refractivity (Wildman–Crippen MR) is 122 cm³/mol. The van der Waals surface area contributed by atoms with Gasteiger partial charge in [-0.15, -0.1) is 0 Å². The van der Waals surface area contributed by atoms with Crippen molar-refractivity contribution in [1.82, 2.24) is 0 Å². The molecule has 0 radical (unpaired) electrons. The molecule has 0 saturated heterocycles. The topological polar surface area (TPSA) is 143 Å². The number of hydrogen-bond acceptors (Lipinski definition) is 6. The summed E-state index contributed by atoms with van der Waals surface area (Å²) < 4.78 is 29.8. The number of rotatable bonds is 2. The maximum atomic E-state index is 14.9. The highest BCUT2D eigenvalue weighted by molar-refractivity contribution is 6.05. The van der Waals surface area contributed by atoms with E-state index >= 15 is 0 Å². The van der Waals surface area contributed by atoms with Crippen LogP contribution in [-0.4, -0.2) is 0 Å². The van der Waals surface area contributed by atoms with Gasteiger partial charge in [-0.25, -0.2) is 8.78 Å². The third kappa shape index (κ3) is 3.52. The average molecular weight is 466 g/mol. The molecule has 0 N–H and O–H groups in total. The molecule has 2 aromatic carbocycles. The largest absolute Gasteiger partial charge is 0.206 e. The SMILES string of the molecule is N#CC(C#N)=C1C(c2cc(C#N)ccc2F)=CC2=C1C=C(c1cc(C#N)ccc1F)C2=C(C#N)C#N. The molecule has 8 heteroatoms. The Morgan fingerprint density at radius 1 is 0.556 bits per heavy atom. The van der Waals surface area contributed by atoms with Gasteiger partial charge in [-0.2, -0.15) is 31.6 Å². The minimum atomic E-state index is -0.725. The van der Waals surface area contributed by atoms with Gasteiger partial charge in [0.05, 0.1) is 23.3 Å². The van der Waals surface area contributed by atoms with Crippen LogP contribution in [0, 0.1) is 79.6 Å². The van der Waals surface area contributed by atoms with Crippen LogP contribution >= 0.6 is 0 Å². The molecule has 0 amide bonds. The molecule has 0 spiro atoms. The Bertz CT molecular complexity index is 1640. The molecule has 0 fully saturated rings. The molecule has 0 atom stereocenters. The van der Waals surface area contributed by atoms with E-state index in [1.54, 1.807) is 24.3 Å². The first-order chi connectivity index (χ1) is 17.4. The van der Waals surface area contributed by atoms with Gasteiger partial charge in [0.15, 0.2) is 0 Å². The third-order valence-corrected chi connectivity index (χ3v) is 5.66. The molecule has 0 heterocycles. The predicted octanol–water partition coefficient (Wildman–Crippen LogP) is 5.19. The summed E-state index contributed by atoms with van der Waals surface area (Å²) >= 11 is 0. The second kappa shape index (κ2) is 9.06. The van der Waals surface area contributed by atoms with Crippen LogP contribution in [0.25, 0.3) is 11.1 Å². The van der Waals surface area contributed by atoms with E-state index in [9.17, 15) is 40.4 Å². The fraction of sp³-hybridized carbons (Fsp3) is 0. The zero-order valence-corrected chi connectivity index (χ0v) is 18.1. The third-order valence-electron chi connectivity index (χ3n) is 5.66. The lowest BCUT2D eigenvalue weighted by Crippen LogP contribution is -1.99. The van der Waals surface area contributed by atoms with Crippen LogP contribution in [-0.2, 0) is 0 Å². The summed E-state index contributed by atoms with van der Waals surface area (Å²) in [5.41, 5.74) is 0.0128. The maximum Gasteiger partial charge on any atom is 0.138 e. The minimum absolute atomic E-state index is 0.0172. The number of hydrogen-bond donors (Lipinski definition) is 0. The van der Waals surface area contributed by atoms with E-state index < -0.39 is 11.6 Å². The van der Waals surface area contributed by atoms with Crippen LogP contribution in [0.4, 0.5) is 8.78 Å². The van der Waals surface area contributed by atoms with Crippen molar-refractivity contribution in [2.45, 2.75) is 0 Å². The summed E-state index contributed by atoms with van der Waals surface area (Å²) in [6.07, 6.45) is 2.80. The zero-order chi connectivity index (χ0) is 26.0. The standard InChI is InChI=1S/C28H8F2N6/c29-25-3-1-15(9-31)5-19(25)21-7-23-24(27(21)17(11-33)12-34)8-22(28(23)18(13-35)14-36)20-6-16(10-32)2-4-26(20)30/h1-8H. The van der Waals surface area contributed by atoms with Crippen LogP contribution in [0.15, 0.2) is 82.0 Å². The second-order valence-electron chi connectivity index (χ2n) is 7.50. The smallest absolute Gasteiger partial charge is 0.138 e. The van der Waals surface area contributed by atoms with E-state index in [2.05, 4.69) is 0 Å². The quantitative estimate of drug-likeness (QED) is 0.558. The van der Waals surface area contributed by atoms with Crippen molar-refractivity contribution < 1.29 is 8.78 Å². The van der Waals surface area contributed by atoms with Crippen molar-refractivity contribution in [3.8, 4) is 36.4 Å². The molecule has 2 aromatic rings. The second-order valence-corrected chi connectivity index (χ2v) is 7.50. The summed E-state index contributed by atoms with van der Waals surface area (Å²) in [5.74, 6) is -1.45. The first kappa shape index (κ1) is 23.1. The monoisotopic (exact) mass is 466 g/mol. The normalized spacial score (nSPS) is 13.2. The minimum Gasteiger partial charge on any atom is -0.206 e. The fourth-order valence-electron chi connectivity index (χ4n) is 4.13. The van der Waals surface area contributed by atoms with E-state index in [1.807, 2.05) is 12.1 Å². The maximum absolute atomic E-state index is 14.9. The van der Waals surface area contributed by atoms with Gasteiger partial charge in [-0.3, -0.25) is 0 Å². The lowest BCUT2D eigenvalue weighted by Gasteiger charge is -2.13. The summed E-state index contributed by atoms with van der Waals surface area (Å²) in [6.45, 7) is 0. The summed E-state index contributed by atoms with van der Waals surface area (Å²) in [6, 6.07) is 18.1. The molecule has 0 bridgehead atoms. The van der Waals surface area contributed by atoms with Gasteiger partial charge in [0.25, 0.3) is 0 Å². The number of allylic oxidation sites excluding steroid dienone is 10. The highest BCUT2D eigenvalue weighted by Gasteiger charge is 2.36. The summed E-state index contributed by atoms with van der Waals surface area (Å²) in [4.78, 5) is 0. The highest BCUT2D eigenvalue weighted by atomic mass is 19.1. The van der Waals surface area contributed by atoms with Crippen LogP contribution in [0.2, 0.25) is 0 Å². The van der Waals surface area contributed by atoms with Gasteiger partial charge >= 0.3 is 0 Å². The Balaban J connectivity index is 2.09. The molecule has 6 nitrogen and oxygen atoms in total. The van der Waals surface area contributed by atoms with Crippen molar-refractivity contribution in [3.05, 3.63) is 116 Å². The van der Waals surface area contributed by atoms with Crippen molar-refractivity contribution in [2.24, 2.45) is 0 Å². The molecule has 2 aliphatic carbocycles. The van der Waals surface area contributed by atoms with E-state index in [1.165, 1.54) is 36.4 Å².